The molecule has 0 aromatic heterocycles. The fourth-order valence-electron chi connectivity index (χ4n) is 2.57. The van der Waals surface area contributed by atoms with Gasteiger partial charge in [-0.3, -0.25) is 4.79 Å². The van der Waals surface area contributed by atoms with Crippen molar-refractivity contribution < 1.29 is 13.2 Å². The van der Waals surface area contributed by atoms with Gasteiger partial charge in [-0.15, -0.1) is 0 Å². The Bertz CT molecular complexity index is 669. The van der Waals surface area contributed by atoms with Crippen LogP contribution in [0.1, 0.15) is 25.0 Å². The van der Waals surface area contributed by atoms with Crippen LogP contribution in [-0.2, 0) is 14.6 Å². The predicted molar refractivity (Wildman–Crippen MR) is 85.0 cm³/mol. The normalized spacial score (nSPS) is 20.0. The first-order chi connectivity index (χ1) is 9.69. The molecule has 1 aromatic carbocycles. The van der Waals surface area contributed by atoms with E-state index in [1.165, 1.54) is 5.41 Å². The molecule has 114 valence electrons. The number of anilines is 1. The second-order valence-corrected chi connectivity index (χ2v) is 7.87. The van der Waals surface area contributed by atoms with Crippen LogP contribution < -0.4 is 4.90 Å². The van der Waals surface area contributed by atoms with Crippen LogP contribution in [0.2, 0.25) is 0 Å². The van der Waals surface area contributed by atoms with Crippen LogP contribution in [0.15, 0.2) is 29.7 Å². The lowest BCUT2D eigenvalue weighted by Crippen LogP contribution is -2.43. The first-order valence-corrected chi connectivity index (χ1v) is 8.73. The molecule has 0 bridgehead atoms. The fourth-order valence-corrected chi connectivity index (χ4v) is 3.84. The highest BCUT2D eigenvalue weighted by Gasteiger charge is 2.32. The number of hydrogen-bond acceptors (Lipinski definition) is 3. The summed E-state index contributed by atoms with van der Waals surface area (Å²) in [4.78, 5) is 14.2. The second-order valence-electron chi connectivity index (χ2n) is 5.93. The predicted octanol–water partition coefficient (Wildman–Crippen LogP) is 2.60. The molecule has 0 radical (unpaired) electrons. The number of aryl methyl sites for hydroxylation is 2. The van der Waals surface area contributed by atoms with Gasteiger partial charge in [0.2, 0.25) is 5.91 Å². The van der Waals surface area contributed by atoms with Crippen molar-refractivity contribution in [2.75, 3.05) is 10.7 Å². The molecule has 0 fully saturated rings. The van der Waals surface area contributed by atoms with Crippen LogP contribution in [-0.4, -0.2) is 26.1 Å². The van der Waals surface area contributed by atoms with Crippen molar-refractivity contribution in [2.24, 2.45) is 5.92 Å². The molecule has 0 saturated carbocycles. The molecule has 1 aliphatic heterocycles. The molecule has 0 N–H and O–H groups in total. The third-order valence-electron chi connectivity index (χ3n) is 3.46. The SMILES string of the molecule is Cc1cc(C)cc(N(C(=O)C(C)C)[C@H]2C=CS(=O)(=O)C2)c1. The van der Waals surface area contributed by atoms with Crippen LogP contribution in [0.4, 0.5) is 5.69 Å². The Kier molecular flexibility index (Phi) is 4.23. The van der Waals surface area contributed by atoms with E-state index in [0.29, 0.717) is 0 Å². The second kappa shape index (κ2) is 5.64. The lowest BCUT2D eigenvalue weighted by molar-refractivity contribution is -0.121. The molecular weight excluding hydrogens is 286 g/mol. The van der Waals surface area contributed by atoms with E-state index >= 15 is 0 Å². The van der Waals surface area contributed by atoms with E-state index in [9.17, 15) is 13.2 Å². The Labute approximate surface area is 126 Å². The third kappa shape index (κ3) is 3.53. The molecule has 4 nitrogen and oxygen atoms in total. The number of amides is 1. The number of benzene rings is 1. The number of nitrogens with zero attached hydrogens (tertiary/aromatic N) is 1. The van der Waals surface area contributed by atoms with Crippen molar-refractivity contribution in [1.29, 1.82) is 0 Å². The molecule has 0 spiro atoms. The summed E-state index contributed by atoms with van der Waals surface area (Å²) in [5, 5.41) is 1.21. The average Bonchev–Trinajstić information content (AvgIpc) is 2.68. The quantitative estimate of drug-likeness (QED) is 0.862. The zero-order chi connectivity index (χ0) is 15.8. The molecule has 1 heterocycles. The summed E-state index contributed by atoms with van der Waals surface area (Å²) in [5.41, 5.74) is 2.87. The van der Waals surface area contributed by atoms with Crippen molar-refractivity contribution in [3.8, 4) is 0 Å². The zero-order valence-corrected chi connectivity index (χ0v) is 13.6. The third-order valence-corrected chi connectivity index (χ3v) is 4.84. The summed E-state index contributed by atoms with van der Waals surface area (Å²) in [5.74, 6) is -0.299. The highest BCUT2D eigenvalue weighted by atomic mass is 32.2. The fraction of sp³-hybridized carbons (Fsp3) is 0.438. The standard InChI is InChI=1S/C16H21NO3S/c1-11(2)16(18)17(14-5-6-21(19,20)10-14)15-8-12(3)7-13(4)9-15/h5-9,11,14H,10H2,1-4H3/t14-/m0/s1. The minimum absolute atomic E-state index is 0.0432. The van der Waals surface area contributed by atoms with Crippen LogP contribution in [0.5, 0.6) is 0 Å². The van der Waals surface area contributed by atoms with Gasteiger partial charge >= 0.3 is 0 Å². The number of hydrogen-bond donors (Lipinski definition) is 0. The van der Waals surface area contributed by atoms with Crippen LogP contribution in [0, 0.1) is 19.8 Å². The van der Waals surface area contributed by atoms with Gasteiger partial charge in [0, 0.05) is 17.0 Å². The summed E-state index contributed by atoms with van der Waals surface area (Å²) >= 11 is 0. The van der Waals surface area contributed by atoms with Gasteiger partial charge in [0.05, 0.1) is 11.8 Å². The van der Waals surface area contributed by atoms with Gasteiger partial charge in [0.1, 0.15) is 0 Å². The summed E-state index contributed by atoms with van der Waals surface area (Å²) in [6.07, 6.45) is 1.60. The smallest absolute Gasteiger partial charge is 0.230 e. The van der Waals surface area contributed by atoms with Crippen molar-refractivity contribution in [1.82, 2.24) is 0 Å². The molecule has 0 saturated heterocycles. The lowest BCUT2D eigenvalue weighted by Gasteiger charge is -2.30. The highest BCUT2D eigenvalue weighted by Crippen LogP contribution is 2.26. The Morgan fingerprint density at radius 3 is 2.19 bits per heavy atom. The topological polar surface area (TPSA) is 54.5 Å². The maximum atomic E-state index is 12.6. The molecule has 0 unspecified atom stereocenters. The maximum absolute atomic E-state index is 12.6. The number of rotatable bonds is 3. The first kappa shape index (κ1) is 15.8. The van der Waals surface area contributed by atoms with E-state index in [2.05, 4.69) is 0 Å². The van der Waals surface area contributed by atoms with Crippen LogP contribution in [0.3, 0.4) is 0 Å². The molecule has 2 rings (SSSR count). The summed E-state index contributed by atoms with van der Waals surface area (Å²) in [6.45, 7) is 7.59. The monoisotopic (exact) mass is 307 g/mol. The van der Waals surface area contributed by atoms with Gasteiger partial charge in [-0.05, 0) is 43.2 Å². The Morgan fingerprint density at radius 1 is 1.19 bits per heavy atom. The molecule has 5 heteroatoms. The summed E-state index contributed by atoms with van der Waals surface area (Å²) in [6, 6.07) is 5.45. The van der Waals surface area contributed by atoms with Crippen molar-refractivity contribution in [3.05, 3.63) is 40.8 Å². The maximum Gasteiger partial charge on any atom is 0.230 e. The van der Waals surface area contributed by atoms with Crippen LogP contribution in [0.25, 0.3) is 0 Å². The number of sulfone groups is 1. The number of carbonyl (C=O) groups is 1. The first-order valence-electron chi connectivity index (χ1n) is 7.02. The molecule has 1 aliphatic rings. The molecule has 1 aromatic rings. The zero-order valence-electron chi connectivity index (χ0n) is 12.8. The molecule has 1 atom stereocenters. The Morgan fingerprint density at radius 2 is 1.76 bits per heavy atom. The Hall–Kier alpha value is -1.62. The lowest BCUT2D eigenvalue weighted by atomic mass is 10.1. The average molecular weight is 307 g/mol. The van der Waals surface area contributed by atoms with E-state index in [1.54, 1.807) is 11.0 Å². The van der Waals surface area contributed by atoms with E-state index in [-0.39, 0.29) is 17.6 Å². The summed E-state index contributed by atoms with van der Waals surface area (Å²) < 4.78 is 23.4. The number of carbonyl (C=O) groups excluding carboxylic acids is 1. The van der Waals surface area contributed by atoms with Crippen molar-refractivity contribution >= 4 is 21.4 Å². The minimum atomic E-state index is -3.20. The van der Waals surface area contributed by atoms with E-state index in [4.69, 9.17) is 0 Å². The highest BCUT2D eigenvalue weighted by molar-refractivity contribution is 7.94. The summed E-state index contributed by atoms with van der Waals surface area (Å²) in [7, 11) is -3.20. The van der Waals surface area contributed by atoms with Gasteiger partial charge in [-0.25, -0.2) is 8.42 Å². The van der Waals surface area contributed by atoms with E-state index in [1.807, 2.05) is 45.9 Å². The van der Waals surface area contributed by atoms with Gasteiger partial charge < -0.3 is 4.90 Å². The largest absolute Gasteiger partial charge is 0.304 e. The molecule has 0 aliphatic carbocycles. The molecule has 21 heavy (non-hydrogen) atoms. The van der Waals surface area contributed by atoms with Crippen LogP contribution >= 0.6 is 0 Å². The van der Waals surface area contributed by atoms with Gasteiger partial charge in [0.15, 0.2) is 9.84 Å². The Balaban J connectivity index is 2.47. The molecule has 1 amide bonds. The van der Waals surface area contributed by atoms with Gasteiger partial charge in [-0.2, -0.15) is 0 Å². The van der Waals surface area contributed by atoms with E-state index < -0.39 is 15.9 Å². The van der Waals surface area contributed by atoms with Crippen molar-refractivity contribution in [3.63, 3.8) is 0 Å². The minimum Gasteiger partial charge on any atom is -0.304 e. The van der Waals surface area contributed by atoms with E-state index in [0.717, 1.165) is 16.8 Å². The molecular formula is C16H21NO3S. The van der Waals surface area contributed by atoms with Gasteiger partial charge in [0.25, 0.3) is 0 Å². The van der Waals surface area contributed by atoms with Crippen molar-refractivity contribution in [2.45, 2.75) is 33.7 Å². The van der Waals surface area contributed by atoms with Gasteiger partial charge in [-0.1, -0.05) is 19.9 Å².